The minimum Gasteiger partial charge on any atom is -0.327 e. The summed E-state index contributed by atoms with van der Waals surface area (Å²) in [6, 6.07) is 0.219. The topological polar surface area (TPSA) is 63.4 Å². The molecule has 16 heavy (non-hydrogen) atoms. The fourth-order valence-electron chi connectivity index (χ4n) is 2.95. The SMILES string of the molecule is CCCCS(=O)(=O)N1CC2CCC(N)C2C1. The summed E-state index contributed by atoms with van der Waals surface area (Å²) in [6.45, 7) is 3.40. The van der Waals surface area contributed by atoms with Crippen LogP contribution in [0.4, 0.5) is 0 Å². The van der Waals surface area contributed by atoms with Crippen LogP contribution in [0.25, 0.3) is 0 Å². The normalized spacial score (nSPS) is 35.5. The van der Waals surface area contributed by atoms with Gasteiger partial charge in [-0.1, -0.05) is 13.3 Å². The van der Waals surface area contributed by atoms with Crippen molar-refractivity contribution in [3.8, 4) is 0 Å². The molecule has 0 spiro atoms. The van der Waals surface area contributed by atoms with Gasteiger partial charge < -0.3 is 5.73 Å². The third-order valence-electron chi connectivity index (χ3n) is 4.03. The zero-order valence-corrected chi connectivity index (χ0v) is 10.7. The van der Waals surface area contributed by atoms with Crippen LogP contribution in [0.3, 0.4) is 0 Å². The number of hydrogen-bond acceptors (Lipinski definition) is 3. The van der Waals surface area contributed by atoms with Crippen molar-refractivity contribution in [2.75, 3.05) is 18.8 Å². The Balaban J connectivity index is 1.98. The van der Waals surface area contributed by atoms with Crippen LogP contribution in [0, 0.1) is 11.8 Å². The predicted molar refractivity (Wildman–Crippen MR) is 64.5 cm³/mol. The monoisotopic (exact) mass is 246 g/mol. The van der Waals surface area contributed by atoms with Crippen molar-refractivity contribution in [1.82, 2.24) is 4.31 Å². The molecule has 0 bridgehead atoms. The second-order valence-electron chi connectivity index (χ2n) is 5.15. The van der Waals surface area contributed by atoms with Crippen LogP contribution in [-0.2, 0) is 10.0 Å². The van der Waals surface area contributed by atoms with Crippen LogP contribution in [-0.4, -0.2) is 37.6 Å². The first-order valence-electron chi connectivity index (χ1n) is 6.28. The summed E-state index contributed by atoms with van der Waals surface area (Å²) < 4.78 is 25.7. The van der Waals surface area contributed by atoms with E-state index in [1.807, 2.05) is 6.92 Å². The summed E-state index contributed by atoms with van der Waals surface area (Å²) >= 11 is 0. The molecule has 5 heteroatoms. The predicted octanol–water partition coefficient (Wildman–Crippen LogP) is 0.785. The summed E-state index contributed by atoms with van der Waals surface area (Å²) in [7, 11) is -3.01. The number of nitrogens with two attached hydrogens (primary N) is 1. The van der Waals surface area contributed by atoms with Crippen LogP contribution in [0.5, 0.6) is 0 Å². The van der Waals surface area contributed by atoms with Gasteiger partial charge in [0.25, 0.3) is 0 Å². The van der Waals surface area contributed by atoms with Crippen molar-refractivity contribution < 1.29 is 8.42 Å². The zero-order valence-electron chi connectivity index (χ0n) is 9.93. The molecule has 1 saturated heterocycles. The summed E-state index contributed by atoms with van der Waals surface area (Å²) in [6.07, 6.45) is 3.86. The van der Waals surface area contributed by atoms with Gasteiger partial charge in [-0.15, -0.1) is 0 Å². The standard InChI is InChI=1S/C11H22N2O2S/c1-2-3-6-16(14,15)13-7-9-4-5-11(12)10(9)8-13/h9-11H,2-8,12H2,1H3. The molecule has 0 amide bonds. The molecule has 1 aliphatic carbocycles. The lowest BCUT2D eigenvalue weighted by molar-refractivity contribution is 0.426. The first-order chi connectivity index (χ1) is 7.54. The van der Waals surface area contributed by atoms with Gasteiger partial charge in [-0.3, -0.25) is 0 Å². The second-order valence-corrected chi connectivity index (χ2v) is 7.24. The minimum absolute atomic E-state index is 0.219. The van der Waals surface area contributed by atoms with Crippen LogP contribution in [0.1, 0.15) is 32.6 Å². The van der Waals surface area contributed by atoms with Crippen LogP contribution in [0.15, 0.2) is 0 Å². The van der Waals surface area contributed by atoms with Gasteiger partial charge in [-0.2, -0.15) is 0 Å². The van der Waals surface area contributed by atoms with Gasteiger partial charge in [0.15, 0.2) is 0 Å². The number of nitrogens with zero attached hydrogens (tertiary/aromatic N) is 1. The van der Waals surface area contributed by atoms with E-state index in [-0.39, 0.29) is 6.04 Å². The summed E-state index contributed by atoms with van der Waals surface area (Å²) in [5, 5.41) is 0. The first kappa shape index (κ1) is 12.3. The molecule has 2 N–H and O–H groups in total. The van der Waals surface area contributed by atoms with Gasteiger partial charge in [0.2, 0.25) is 10.0 Å². The fourth-order valence-corrected chi connectivity index (χ4v) is 4.68. The van der Waals surface area contributed by atoms with E-state index in [1.54, 1.807) is 4.31 Å². The van der Waals surface area contributed by atoms with Crippen molar-refractivity contribution in [2.45, 2.75) is 38.6 Å². The van der Waals surface area contributed by atoms with E-state index < -0.39 is 10.0 Å². The molecule has 2 fully saturated rings. The van der Waals surface area contributed by atoms with Crippen molar-refractivity contribution in [1.29, 1.82) is 0 Å². The molecule has 1 saturated carbocycles. The molecule has 0 aromatic rings. The van der Waals surface area contributed by atoms with Crippen molar-refractivity contribution in [3.05, 3.63) is 0 Å². The molecule has 94 valence electrons. The van der Waals surface area contributed by atoms with Crippen molar-refractivity contribution in [2.24, 2.45) is 17.6 Å². The maximum absolute atomic E-state index is 12.0. The van der Waals surface area contributed by atoms with Crippen molar-refractivity contribution in [3.63, 3.8) is 0 Å². The van der Waals surface area contributed by atoms with Gasteiger partial charge >= 0.3 is 0 Å². The Hall–Kier alpha value is -0.130. The number of rotatable bonds is 4. The van der Waals surface area contributed by atoms with E-state index in [0.717, 1.165) is 25.7 Å². The van der Waals surface area contributed by atoms with E-state index in [0.29, 0.717) is 30.7 Å². The fraction of sp³-hybridized carbons (Fsp3) is 1.00. The minimum atomic E-state index is -3.01. The molecule has 3 unspecified atom stereocenters. The number of sulfonamides is 1. The van der Waals surface area contributed by atoms with Crippen molar-refractivity contribution >= 4 is 10.0 Å². The lowest BCUT2D eigenvalue weighted by atomic mass is 9.98. The maximum atomic E-state index is 12.0. The van der Waals surface area contributed by atoms with Crippen LogP contribution >= 0.6 is 0 Å². The van der Waals surface area contributed by atoms with Gasteiger partial charge in [0.05, 0.1) is 5.75 Å². The average molecular weight is 246 g/mol. The molecule has 1 aliphatic heterocycles. The molecule has 0 aromatic carbocycles. The quantitative estimate of drug-likeness (QED) is 0.797. The highest BCUT2D eigenvalue weighted by Gasteiger charge is 2.44. The molecular formula is C11H22N2O2S. The largest absolute Gasteiger partial charge is 0.327 e. The van der Waals surface area contributed by atoms with Crippen LogP contribution < -0.4 is 5.73 Å². The van der Waals surface area contributed by atoms with Crippen LogP contribution in [0.2, 0.25) is 0 Å². The Bertz CT molecular complexity index is 342. The Morgan fingerprint density at radius 2 is 2.06 bits per heavy atom. The highest BCUT2D eigenvalue weighted by atomic mass is 32.2. The maximum Gasteiger partial charge on any atom is 0.214 e. The Labute approximate surface area is 98.2 Å². The third kappa shape index (κ3) is 2.26. The van der Waals surface area contributed by atoms with E-state index in [2.05, 4.69) is 0 Å². The molecule has 0 radical (unpaired) electrons. The van der Waals surface area contributed by atoms with Gasteiger partial charge in [-0.25, -0.2) is 12.7 Å². The summed E-state index contributed by atoms with van der Waals surface area (Å²) in [5.41, 5.74) is 6.00. The molecular weight excluding hydrogens is 224 g/mol. The van der Waals surface area contributed by atoms with Gasteiger partial charge in [-0.05, 0) is 31.1 Å². The molecule has 3 atom stereocenters. The number of fused-ring (bicyclic) bond motifs is 1. The van der Waals surface area contributed by atoms with E-state index in [1.165, 1.54) is 0 Å². The lowest BCUT2D eigenvalue weighted by Crippen LogP contribution is -2.34. The zero-order chi connectivity index (χ0) is 11.8. The summed E-state index contributed by atoms with van der Waals surface area (Å²) in [5.74, 6) is 1.24. The van der Waals surface area contributed by atoms with E-state index >= 15 is 0 Å². The molecule has 2 aliphatic rings. The Kier molecular flexibility index (Phi) is 3.56. The molecule has 4 nitrogen and oxygen atoms in total. The lowest BCUT2D eigenvalue weighted by Gasteiger charge is -2.18. The Morgan fingerprint density at radius 1 is 1.31 bits per heavy atom. The second kappa shape index (κ2) is 4.63. The smallest absolute Gasteiger partial charge is 0.214 e. The highest BCUT2D eigenvalue weighted by Crippen LogP contribution is 2.38. The third-order valence-corrected chi connectivity index (χ3v) is 5.92. The first-order valence-corrected chi connectivity index (χ1v) is 7.89. The van der Waals surface area contributed by atoms with E-state index in [4.69, 9.17) is 5.73 Å². The van der Waals surface area contributed by atoms with Gasteiger partial charge in [0.1, 0.15) is 0 Å². The molecule has 2 rings (SSSR count). The van der Waals surface area contributed by atoms with E-state index in [9.17, 15) is 8.42 Å². The average Bonchev–Trinajstić information content (AvgIpc) is 2.79. The summed E-state index contributed by atoms with van der Waals surface area (Å²) in [4.78, 5) is 0. The molecule has 0 aromatic heterocycles. The number of hydrogen-bond donors (Lipinski definition) is 1. The number of unbranched alkanes of at least 4 members (excludes halogenated alkanes) is 1. The Morgan fingerprint density at radius 3 is 2.69 bits per heavy atom. The molecule has 1 heterocycles. The van der Waals surface area contributed by atoms with Gasteiger partial charge in [0, 0.05) is 19.1 Å². The highest BCUT2D eigenvalue weighted by molar-refractivity contribution is 7.89.